The fourth-order valence-corrected chi connectivity index (χ4v) is 4.92. The van der Waals surface area contributed by atoms with E-state index in [4.69, 9.17) is 4.74 Å². The summed E-state index contributed by atoms with van der Waals surface area (Å²) in [4.78, 5) is 8.86. The van der Waals surface area contributed by atoms with Crippen molar-refractivity contribution >= 4 is 0 Å². The first kappa shape index (κ1) is 17.5. The minimum absolute atomic E-state index is 0.555. The third-order valence-corrected chi connectivity index (χ3v) is 6.30. The highest BCUT2D eigenvalue weighted by Gasteiger charge is 2.50. The first-order valence-electron chi connectivity index (χ1n) is 9.97. The van der Waals surface area contributed by atoms with E-state index in [1.54, 1.807) is 7.11 Å². The molecular formula is C22H29N3O. The average molecular weight is 351 g/mol. The lowest BCUT2D eigenvalue weighted by Crippen LogP contribution is -2.57. The SMILES string of the molecule is CCc1ncc(CN[C@H]2[C@H]3CCCC[C@H]3[C@@H]2c2ccc(OC)cc2)cn1. The Morgan fingerprint density at radius 2 is 1.73 bits per heavy atom. The van der Waals surface area contributed by atoms with Gasteiger partial charge in [-0.15, -0.1) is 0 Å². The topological polar surface area (TPSA) is 47.0 Å². The Labute approximate surface area is 156 Å². The zero-order valence-corrected chi connectivity index (χ0v) is 15.8. The molecule has 26 heavy (non-hydrogen) atoms. The molecule has 2 aliphatic carbocycles. The van der Waals surface area contributed by atoms with Crippen molar-refractivity contribution in [3.63, 3.8) is 0 Å². The number of aryl methyl sites for hydroxylation is 1. The van der Waals surface area contributed by atoms with Gasteiger partial charge in [0.2, 0.25) is 0 Å². The van der Waals surface area contributed by atoms with Gasteiger partial charge in [0.1, 0.15) is 11.6 Å². The van der Waals surface area contributed by atoms with Crippen LogP contribution in [0.5, 0.6) is 5.75 Å². The van der Waals surface area contributed by atoms with Crippen molar-refractivity contribution in [1.29, 1.82) is 0 Å². The first-order chi connectivity index (χ1) is 12.8. The third-order valence-electron chi connectivity index (χ3n) is 6.30. The van der Waals surface area contributed by atoms with Gasteiger partial charge in [-0.05, 0) is 42.4 Å². The van der Waals surface area contributed by atoms with Crippen molar-refractivity contribution in [2.45, 2.75) is 57.5 Å². The number of benzene rings is 1. The molecule has 4 heteroatoms. The summed E-state index contributed by atoms with van der Waals surface area (Å²) in [6, 6.07) is 9.25. The molecule has 0 amide bonds. The maximum absolute atomic E-state index is 5.33. The first-order valence-corrected chi connectivity index (χ1v) is 9.97. The van der Waals surface area contributed by atoms with Crippen LogP contribution >= 0.6 is 0 Å². The van der Waals surface area contributed by atoms with Crippen LogP contribution in [0.2, 0.25) is 0 Å². The number of nitrogens with zero attached hydrogens (tertiary/aromatic N) is 2. The molecule has 0 bridgehead atoms. The summed E-state index contributed by atoms with van der Waals surface area (Å²) in [6.07, 6.45) is 10.3. The number of fused-ring (bicyclic) bond motifs is 1. The highest BCUT2D eigenvalue weighted by molar-refractivity contribution is 5.33. The third kappa shape index (κ3) is 3.35. The number of aromatic nitrogens is 2. The lowest BCUT2D eigenvalue weighted by Gasteiger charge is -2.55. The summed E-state index contributed by atoms with van der Waals surface area (Å²) in [5.41, 5.74) is 2.62. The molecule has 1 aromatic carbocycles. The Balaban J connectivity index is 1.47. The van der Waals surface area contributed by atoms with Gasteiger partial charge in [-0.2, -0.15) is 0 Å². The molecular weight excluding hydrogens is 322 g/mol. The van der Waals surface area contributed by atoms with E-state index in [1.807, 2.05) is 12.4 Å². The molecule has 2 saturated carbocycles. The van der Waals surface area contributed by atoms with E-state index in [-0.39, 0.29) is 0 Å². The van der Waals surface area contributed by atoms with Crippen LogP contribution in [0.4, 0.5) is 0 Å². The van der Waals surface area contributed by atoms with Gasteiger partial charge in [0.15, 0.2) is 0 Å². The second-order valence-electron chi connectivity index (χ2n) is 7.68. The molecule has 0 saturated heterocycles. The number of methoxy groups -OCH3 is 1. The highest BCUT2D eigenvalue weighted by Crippen LogP contribution is 2.54. The molecule has 138 valence electrons. The Bertz CT molecular complexity index is 713. The lowest BCUT2D eigenvalue weighted by molar-refractivity contribution is 0.0253. The average Bonchev–Trinajstić information content (AvgIpc) is 2.70. The van der Waals surface area contributed by atoms with Gasteiger partial charge in [0.05, 0.1) is 7.11 Å². The Kier molecular flexibility index (Phi) is 5.21. The van der Waals surface area contributed by atoms with Gasteiger partial charge in [0.25, 0.3) is 0 Å². The van der Waals surface area contributed by atoms with Crippen molar-refractivity contribution in [3.05, 3.63) is 53.6 Å². The monoisotopic (exact) mass is 351 g/mol. The molecule has 4 nitrogen and oxygen atoms in total. The van der Waals surface area contributed by atoms with E-state index in [9.17, 15) is 0 Å². The molecule has 2 fully saturated rings. The second kappa shape index (κ2) is 7.75. The van der Waals surface area contributed by atoms with E-state index >= 15 is 0 Å². The summed E-state index contributed by atoms with van der Waals surface area (Å²) in [6.45, 7) is 2.94. The summed E-state index contributed by atoms with van der Waals surface area (Å²) >= 11 is 0. The molecule has 2 aliphatic rings. The number of hydrogen-bond donors (Lipinski definition) is 1. The van der Waals surface area contributed by atoms with Gasteiger partial charge in [-0.1, -0.05) is 31.9 Å². The van der Waals surface area contributed by atoms with Crippen LogP contribution in [-0.4, -0.2) is 23.1 Å². The Morgan fingerprint density at radius 1 is 1.04 bits per heavy atom. The number of rotatable bonds is 6. The largest absolute Gasteiger partial charge is 0.497 e. The van der Waals surface area contributed by atoms with Crippen LogP contribution < -0.4 is 10.1 Å². The van der Waals surface area contributed by atoms with Gasteiger partial charge >= 0.3 is 0 Å². The Hall–Kier alpha value is -1.94. The van der Waals surface area contributed by atoms with E-state index in [0.29, 0.717) is 12.0 Å². The molecule has 0 radical (unpaired) electrons. The molecule has 4 rings (SSSR count). The van der Waals surface area contributed by atoms with Gasteiger partial charge < -0.3 is 10.1 Å². The van der Waals surface area contributed by atoms with E-state index in [2.05, 4.69) is 46.5 Å². The zero-order valence-electron chi connectivity index (χ0n) is 15.8. The number of nitrogens with one attached hydrogen (secondary N) is 1. The number of ether oxygens (including phenoxy) is 1. The molecule has 1 N–H and O–H groups in total. The molecule has 0 spiro atoms. The maximum Gasteiger partial charge on any atom is 0.127 e. The summed E-state index contributed by atoms with van der Waals surface area (Å²) in [7, 11) is 1.73. The fraction of sp³-hybridized carbons (Fsp3) is 0.545. The maximum atomic E-state index is 5.33. The van der Waals surface area contributed by atoms with Crippen molar-refractivity contribution in [2.75, 3.05) is 7.11 Å². The molecule has 0 aliphatic heterocycles. The smallest absolute Gasteiger partial charge is 0.127 e. The normalized spacial score (nSPS) is 27.5. The minimum atomic E-state index is 0.555. The summed E-state index contributed by atoms with van der Waals surface area (Å²) < 4.78 is 5.33. The van der Waals surface area contributed by atoms with Gasteiger partial charge in [-0.3, -0.25) is 0 Å². The van der Waals surface area contributed by atoms with Crippen LogP contribution in [0.25, 0.3) is 0 Å². The van der Waals surface area contributed by atoms with Crippen molar-refractivity contribution in [3.8, 4) is 5.75 Å². The molecule has 4 atom stereocenters. The zero-order chi connectivity index (χ0) is 17.9. The second-order valence-corrected chi connectivity index (χ2v) is 7.68. The van der Waals surface area contributed by atoms with Crippen LogP contribution in [0.15, 0.2) is 36.7 Å². The standard InChI is InChI=1S/C22H29N3O/c1-3-20-23-12-15(13-24-20)14-25-22-19-7-5-4-6-18(19)21(22)16-8-10-17(26-2)11-9-16/h8-13,18-19,21-22,25H,3-7,14H2,1-2H3/t18-,19+,21+,22+/m1/s1. The van der Waals surface area contributed by atoms with E-state index in [1.165, 1.54) is 36.8 Å². The summed E-state index contributed by atoms with van der Waals surface area (Å²) in [5.74, 6) is 4.11. The van der Waals surface area contributed by atoms with Gasteiger partial charge in [0, 0.05) is 42.9 Å². The predicted octanol–water partition coefficient (Wildman–Crippen LogP) is 4.11. The van der Waals surface area contributed by atoms with Crippen LogP contribution in [0.1, 0.15) is 55.5 Å². The Morgan fingerprint density at radius 3 is 2.38 bits per heavy atom. The van der Waals surface area contributed by atoms with Crippen molar-refractivity contribution < 1.29 is 4.74 Å². The summed E-state index contributed by atoms with van der Waals surface area (Å²) in [5, 5.41) is 3.84. The highest BCUT2D eigenvalue weighted by atomic mass is 16.5. The molecule has 1 heterocycles. The fourth-order valence-electron chi connectivity index (χ4n) is 4.92. The van der Waals surface area contributed by atoms with E-state index in [0.717, 1.165) is 36.4 Å². The molecule has 2 aromatic rings. The quantitative estimate of drug-likeness (QED) is 0.851. The molecule has 1 aromatic heterocycles. The van der Waals surface area contributed by atoms with Crippen molar-refractivity contribution in [2.24, 2.45) is 11.8 Å². The van der Waals surface area contributed by atoms with Crippen LogP contribution in [0.3, 0.4) is 0 Å². The van der Waals surface area contributed by atoms with Gasteiger partial charge in [-0.25, -0.2) is 9.97 Å². The molecule has 0 unspecified atom stereocenters. The van der Waals surface area contributed by atoms with E-state index < -0.39 is 0 Å². The lowest BCUT2D eigenvalue weighted by atomic mass is 9.53. The van der Waals surface area contributed by atoms with Crippen LogP contribution in [-0.2, 0) is 13.0 Å². The number of hydrogen-bond acceptors (Lipinski definition) is 4. The van der Waals surface area contributed by atoms with Crippen molar-refractivity contribution in [1.82, 2.24) is 15.3 Å². The van der Waals surface area contributed by atoms with Crippen LogP contribution in [0, 0.1) is 11.8 Å². The minimum Gasteiger partial charge on any atom is -0.497 e. The predicted molar refractivity (Wildman–Crippen MR) is 103 cm³/mol.